The fourth-order valence-electron chi connectivity index (χ4n) is 3.23. The molecule has 2 aromatic rings. The highest BCUT2D eigenvalue weighted by molar-refractivity contribution is 5.57. The summed E-state index contributed by atoms with van der Waals surface area (Å²) in [5, 5.41) is 8.66. The quantitative estimate of drug-likeness (QED) is 0.837. The number of fused-ring (bicyclic) bond motifs is 1. The molecular weight excluding hydrogens is 270 g/mol. The molecule has 0 fully saturated rings. The molecule has 0 amide bonds. The van der Waals surface area contributed by atoms with Gasteiger partial charge < -0.3 is 5.32 Å². The Morgan fingerprint density at radius 1 is 1.14 bits per heavy atom. The third-order valence-corrected chi connectivity index (χ3v) is 4.43. The van der Waals surface area contributed by atoms with Crippen LogP contribution in [0.4, 0.5) is 5.82 Å². The van der Waals surface area contributed by atoms with E-state index in [2.05, 4.69) is 62.8 Å². The molecule has 0 unspecified atom stereocenters. The Labute approximate surface area is 133 Å². The molecule has 0 saturated carbocycles. The van der Waals surface area contributed by atoms with Gasteiger partial charge in [-0.05, 0) is 50.3 Å². The van der Waals surface area contributed by atoms with Crippen LogP contribution in [-0.4, -0.2) is 16.3 Å². The van der Waals surface area contributed by atoms with Crippen LogP contribution in [-0.2, 0) is 11.8 Å². The Morgan fingerprint density at radius 2 is 1.91 bits per heavy atom. The van der Waals surface area contributed by atoms with Crippen molar-refractivity contribution in [2.75, 3.05) is 11.9 Å². The standard InChI is InChI=1S/C19H27N3/c1-13-9-10-14(2)16(12-13)22-18-15(8-6-7-11-20-18)17(21-22)19(3,4)5/h9-10,12,20H,6-8,11H2,1-5H3. The molecule has 22 heavy (non-hydrogen) atoms. The second kappa shape index (κ2) is 5.45. The summed E-state index contributed by atoms with van der Waals surface area (Å²) in [4.78, 5) is 0. The Balaban J connectivity index is 2.24. The number of nitrogens with zero attached hydrogens (tertiary/aromatic N) is 2. The van der Waals surface area contributed by atoms with Crippen LogP contribution < -0.4 is 5.32 Å². The minimum absolute atomic E-state index is 0.0685. The molecule has 1 aliphatic heterocycles. The van der Waals surface area contributed by atoms with E-state index < -0.39 is 0 Å². The normalized spacial score (nSPS) is 15.1. The number of anilines is 1. The van der Waals surface area contributed by atoms with Gasteiger partial charge in [0.15, 0.2) is 0 Å². The largest absolute Gasteiger partial charge is 0.370 e. The Kier molecular flexibility index (Phi) is 3.75. The molecular formula is C19H27N3. The van der Waals surface area contributed by atoms with Crippen molar-refractivity contribution in [1.82, 2.24) is 9.78 Å². The second-order valence-corrected chi connectivity index (χ2v) is 7.51. The summed E-state index contributed by atoms with van der Waals surface area (Å²) in [6, 6.07) is 6.59. The van der Waals surface area contributed by atoms with E-state index in [0.717, 1.165) is 13.0 Å². The lowest BCUT2D eigenvalue weighted by Crippen LogP contribution is -2.15. The first-order valence-electron chi connectivity index (χ1n) is 8.32. The molecule has 1 aromatic heterocycles. The average molecular weight is 297 g/mol. The molecule has 0 saturated heterocycles. The van der Waals surface area contributed by atoms with E-state index >= 15 is 0 Å². The third kappa shape index (κ3) is 2.65. The lowest BCUT2D eigenvalue weighted by molar-refractivity contribution is 0.552. The summed E-state index contributed by atoms with van der Waals surface area (Å²) in [5.74, 6) is 1.20. The molecule has 1 N–H and O–H groups in total. The molecule has 0 spiro atoms. The van der Waals surface area contributed by atoms with E-state index in [-0.39, 0.29) is 5.41 Å². The van der Waals surface area contributed by atoms with Crippen LogP contribution in [0, 0.1) is 13.8 Å². The molecule has 1 aliphatic rings. The zero-order chi connectivity index (χ0) is 15.9. The van der Waals surface area contributed by atoms with Crippen LogP contribution in [0.25, 0.3) is 5.69 Å². The number of aromatic nitrogens is 2. The maximum Gasteiger partial charge on any atom is 0.133 e. The van der Waals surface area contributed by atoms with Crippen LogP contribution in [0.2, 0.25) is 0 Å². The highest BCUT2D eigenvalue weighted by Crippen LogP contribution is 2.35. The number of rotatable bonds is 1. The van der Waals surface area contributed by atoms with Crippen LogP contribution in [0.1, 0.15) is 56.0 Å². The first-order chi connectivity index (χ1) is 10.4. The van der Waals surface area contributed by atoms with Crippen LogP contribution >= 0.6 is 0 Å². The fraction of sp³-hybridized carbons (Fsp3) is 0.526. The van der Waals surface area contributed by atoms with Crippen LogP contribution in [0.5, 0.6) is 0 Å². The lowest BCUT2D eigenvalue weighted by Gasteiger charge is -2.17. The number of nitrogens with one attached hydrogen (secondary N) is 1. The minimum atomic E-state index is 0.0685. The molecule has 0 bridgehead atoms. The van der Waals surface area contributed by atoms with E-state index in [1.807, 2.05) is 0 Å². The zero-order valence-electron chi connectivity index (χ0n) is 14.5. The molecule has 118 valence electrons. The van der Waals surface area contributed by atoms with Gasteiger partial charge in [0.2, 0.25) is 0 Å². The van der Waals surface area contributed by atoms with Crippen molar-refractivity contribution in [2.24, 2.45) is 0 Å². The van der Waals surface area contributed by atoms with Gasteiger partial charge in [-0.25, -0.2) is 4.68 Å². The Morgan fingerprint density at radius 3 is 2.64 bits per heavy atom. The molecule has 3 nitrogen and oxygen atoms in total. The monoisotopic (exact) mass is 297 g/mol. The predicted molar refractivity (Wildman–Crippen MR) is 93.2 cm³/mol. The number of benzene rings is 1. The summed E-state index contributed by atoms with van der Waals surface area (Å²) in [6.07, 6.45) is 3.59. The van der Waals surface area contributed by atoms with Crippen molar-refractivity contribution in [1.29, 1.82) is 0 Å². The van der Waals surface area contributed by atoms with Crippen LogP contribution in [0.3, 0.4) is 0 Å². The topological polar surface area (TPSA) is 29.9 Å². The summed E-state index contributed by atoms with van der Waals surface area (Å²) in [7, 11) is 0. The summed E-state index contributed by atoms with van der Waals surface area (Å²) in [5.41, 5.74) is 6.45. The molecule has 0 atom stereocenters. The summed E-state index contributed by atoms with van der Waals surface area (Å²) in [6.45, 7) is 12.1. The van der Waals surface area contributed by atoms with Gasteiger partial charge in [0, 0.05) is 17.5 Å². The fourth-order valence-corrected chi connectivity index (χ4v) is 3.23. The zero-order valence-corrected chi connectivity index (χ0v) is 14.5. The van der Waals surface area contributed by atoms with E-state index in [0.29, 0.717) is 0 Å². The smallest absolute Gasteiger partial charge is 0.133 e. The van der Waals surface area contributed by atoms with Crippen molar-refractivity contribution < 1.29 is 0 Å². The van der Waals surface area contributed by atoms with E-state index in [4.69, 9.17) is 5.10 Å². The van der Waals surface area contributed by atoms with Gasteiger partial charge in [0.25, 0.3) is 0 Å². The van der Waals surface area contributed by atoms with Gasteiger partial charge in [-0.15, -0.1) is 0 Å². The Hall–Kier alpha value is -1.77. The van der Waals surface area contributed by atoms with E-state index in [1.165, 1.54) is 46.7 Å². The number of hydrogen-bond acceptors (Lipinski definition) is 2. The molecule has 0 aliphatic carbocycles. The minimum Gasteiger partial charge on any atom is -0.370 e. The predicted octanol–water partition coefficient (Wildman–Crippen LogP) is 4.53. The highest BCUT2D eigenvalue weighted by Gasteiger charge is 2.28. The summed E-state index contributed by atoms with van der Waals surface area (Å²) >= 11 is 0. The average Bonchev–Trinajstić information content (AvgIpc) is 2.64. The van der Waals surface area contributed by atoms with Gasteiger partial charge in [0.1, 0.15) is 5.82 Å². The third-order valence-electron chi connectivity index (χ3n) is 4.43. The molecule has 1 aromatic carbocycles. The molecule has 3 rings (SSSR count). The van der Waals surface area contributed by atoms with Gasteiger partial charge in [-0.2, -0.15) is 5.10 Å². The first-order valence-corrected chi connectivity index (χ1v) is 8.32. The van der Waals surface area contributed by atoms with Crippen molar-refractivity contribution >= 4 is 5.82 Å². The number of hydrogen-bond donors (Lipinski definition) is 1. The lowest BCUT2D eigenvalue weighted by atomic mass is 9.88. The van der Waals surface area contributed by atoms with Gasteiger partial charge in [-0.1, -0.05) is 32.9 Å². The van der Waals surface area contributed by atoms with Crippen molar-refractivity contribution in [3.63, 3.8) is 0 Å². The van der Waals surface area contributed by atoms with Crippen LogP contribution in [0.15, 0.2) is 18.2 Å². The Bertz CT molecular complexity index is 689. The van der Waals surface area contributed by atoms with Crippen molar-refractivity contribution in [2.45, 2.75) is 59.3 Å². The molecule has 0 radical (unpaired) electrons. The second-order valence-electron chi connectivity index (χ2n) is 7.51. The summed E-state index contributed by atoms with van der Waals surface area (Å²) < 4.78 is 2.14. The van der Waals surface area contributed by atoms with E-state index in [1.54, 1.807) is 0 Å². The van der Waals surface area contributed by atoms with Crippen molar-refractivity contribution in [3.05, 3.63) is 40.6 Å². The number of aryl methyl sites for hydroxylation is 2. The first kappa shape index (κ1) is 15.1. The maximum atomic E-state index is 5.03. The SMILES string of the molecule is Cc1ccc(C)c(-n2nc(C(C)(C)C)c3c2NCCCC3)c1. The van der Waals surface area contributed by atoms with E-state index in [9.17, 15) is 0 Å². The van der Waals surface area contributed by atoms with Crippen molar-refractivity contribution in [3.8, 4) is 5.69 Å². The molecule has 2 heterocycles. The van der Waals surface area contributed by atoms with Gasteiger partial charge >= 0.3 is 0 Å². The van der Waals surface area contributed by atoms with Gasteiger partial charge in [0.05, 0.1) is 11.4 Å². The highest BCUT2D eigenvalue weighted by atomic mass is 15.3. The maximum absolute atomic E-state index is 5.03. The van der Waals surface area contributed by atoms with Gasteiger partial charge in [-0.3, -0.25) is 0 Å². The molecule has 3 heteroatoms.